The average molecular weight is 262 g/mol. The molecule has 3 nitrogen and oxygen atoms in total. The highest BCUT2D eigenvalue weighted by molar-refractivity contribution is 5.95. The van der Waals surface area contributed by atoms with E-state index in [0.29, 0.717) is 13.1 Å². The highest BCUT2D eigenvalue weighted by Gasteiger charge is 2.20. The van der Waals surface area contributed by atoms with Gasteiger partial charge < -0.3 is 4.90 Å². The Morgan fingerprint density at radius 3 is 2.85 bits per heavy atom. The van der Waals surface area contributed by atoms with Crippen molar-refractivity contribution in [1.29, 1.82) is 5.26 Å². The Morgan fingerprint density at radius 2 is 2.00 bits per heavy atom. The maximum atomic E-state index is 11.8. The molecule has 20 heavy (non-hydrogen) atoms. The van der Waals surface area contributed by atoms with Crippen LogP contribution in [0.5, 0.6) is 0 Å². The van der Waals surface area contributed by atoms with Crippen LogP contribution in [0.1, 0.15) is 12.0 Å². The van der Waals surface area contributed by atoms with Crippen LogP contribution in [0.15, 0.2) is 48.5 Å². The van der Waals surface area contributed by atoms with Crippen molar-refractivity contribution in [1.82, 2.24) is 4.90 Å². The minimum atomic E-state index is -0.0982. The van der Waals surface area contributed by atoms with Crippen molar-refractivity contribution in [3.05, 3.63) is 54.1 Å². The fourth-order valence-electron chi connectivity index (χ4n) is 2.63. The summed E-state index contributed by atoms with van der Waals surface area (Å²) in [7, 11) is 0. The summed E-state index contributed by atoms with van der Waals surface area (Å²) in [5, 5.41) is 11.0. The Kier molecular flexibility index (Phi) is 3.22. The Morgan fingerprint density at radius 1 is 1.20 bits per heavy atom. The van der Waals surface area contributed by atoms with E-state index < -0.39 is 0 Å². The summed E-state index contributed by atoms with van der Waals surface area (Å²) in [6, 6.07) is 16.4. The van der Waals surface area contributed by atoms with E-state index in [2.05, 4.69) is 30.3 Å². The topological polar surface area (TPSA) is 44.1 Å². The third-order valence-corrected chi connectivity index (χ3v) is 3.64. The molecule has 0 unspecified atom stereocenters. The molecule has 0 aliphatic carbocycles. The van der Waals surface area contributed by atoms with Crippen molar-refractivity contribution in [3.63, 3.8) is 0 Å². The van der Waals surface area contributed by atoms with Gasteiger partial charge in [-0.2, -0.15) is 5.26 Å². The van der Waals surface area contributed by atoms with Gasteiger partial charge in [-0.05, 0) is 21.9 Å². The second-order valence-electron chi connectivity index (χ2n) is 4.87. The third-order valence-electron chi connectivity index (χ3n) is 3.64. The Hall–Kier alpha value is -2.60. The van der Waals surface area contributed by atoms with Crippen LogP contribution in [0.4, 0.5) is 0 Å². The van der Waals surface area contributed by atoms with Crippen LogP contribution < -0.4 is 0 Å². The molecule has 0 N–H and O–H groups in total. The van der Waals surface area contributed by atoms with Gasteiger partial charge in [0.05, 0.1) is 6.07 Å². The summed E-state index contributed by atoms with van der Waals surface area (Å²) in [6.45, 7) is 1.19. The lowest BCUT2D eigenvalue weighted by atomic mass is 9.99. The van der Waals surface area contributed by atoms with Crippen LogP contribution >= 0.6 is 0 Å². The first kappa shape index (κ1) is 12.4. The summed E-state index contributed by atoms with van der Waals surface area (Å²) >= 11 is 0. The monoisotopic (exact) mass is 262 g/mol. The lowest BCUT2D eigenvalue weighted by molar-refractivity contribution is -0.128. The fraction of sp³-hybridized carbons (Fsp3) is 0.176. The molecule has 0 atom stereocenters. The number of fused-ring (bicyclic) bond motifs is 1. The molecule has 2 aromatic carbocycles. The molecular weight excluding hydrogens is 248 g/mol. The summed E-state index contributed by atoms with van der Waals surface area (Å²) in [5.74, 6) is -0.0982. The predicted octanol–water partition coefficient (Wildman–Crippen LogP) is 2.98. The highest BCUT2D eigenvalue weighted by atomic mass is 16.2. The number of nitrogens with zero attached hydrogens (tertiary/aromatic N) is 2. The van der Waals surface area contributed by atoms with Crippen molar-refractivity contribution in [2.45, 2.75) is 6.42 Å². The van der Waals surface area contributed by atoms with E-state index in [1.165, 1.54) is 16.3 Å². The molecule has 0 radical (unpaired) electrons. The Balaban J connectivity index is 1.91. The Labute approximate surface area is 117 Å². The molecule has 1 aliphatic rings. The quantitative estimate of drug-likeness (QED) is 0.835. The molecule has 0 aromatic heterocycles. The predicted molar refractivity (Wildman–Crippen MR) is 78.7 cm³/mol. The van der Waals surface area contributed by atoms with Gasteiger partial charge in [0.25, 0.3) is 0 Å². The van der Waals surface area contributed by atoms with E-state index in [-0.39, 0.29) is 12.3 Å². The molecular formula is C17H14N2O. The van der Waals surface area contributed by atoms with Crippen LogP contribution in [0, 0.1) is 11.3 Å². The van der Waals surface area contributed by atoms with Crippen molar-refractivity contribution in [3.8, 4) is 6.07 Å². The molecule has 1 aliphatic heterocycles. The first-order valence-electron chi connectivity index (χ1n) is 6.61. The molecule has 3 rings (SSSR count). The fourth-order valence-corrected chi connectivity index (χ4v) is 2.63. The molecule has 0 fully saturated rings. The first-order chi connectivity index (χ1) is 9.79. The first-order valence-corrected chi connectivity index (χ1v) is 6.61. The second kappa shape index (κ2) is 5.18. The van der Waals surface area contributed by atoms with Gasteiger partial charge in [0.2, 0.25) is 5.91 Å². The van der Waals surface area contributed by atoms with Gasteiger partial charge in [0.1, 0.15) is 6.42 Å². The zero-order valence-electron chi connectivity index (χ0n) is 11.0. The summed E-state index contributed by atoms with van der Waals surface area (Å²) in [6.07, 6.45) is 2.04. The van der Waals surface area contributed by atoms with E-state index >= 15 is 0 Å². The third kappa shape index (κ3) is 2.17. The number of carbonyl (C=O) groups is 1. The van der Waals surface area contributed by atoms with E-state index in [4.69, 9.17) is 5.26 Å². The van der Waals surface area contributed by atoms with Crippen LogP contribution in [-0.4, -0.2) is 23.9 Å². The van der Waals surface area contributed by atoms with Crippen LogP contribution in [0.2, 0.25) is 0 Å². The van der Waals surface area contributed by atoms with Gasteiger partial charge in [-0.3, -0.25) is 4.79 Å². The van der Waals surface area contributed by atoms with Crippen molar-refractivity contribution < 1.29 is 4.79 Å². The Bertz CT molecular complexity index is 735. The van der Waals surface area contributed by atoms with Gasteiger partial charge >= 0.3 is 0 Å². The molecule has 0 saturated heterocycles. The smallest absolute Gasteiger partial charge is 0.237 e. The van der Waals surface area contributed by atoms with E-state index in [0.717, 1.165) is 5.57 Å². The number of hydrogen-bond donors (Lipinski definition) is 0. The summed E-state index contributed by atoms with van der Waals surface area (Å²) < 4.78 is 0. The summed E-state index contributed by atoms with van der Waals surface area (Å²) in [4.78, 5) is 13.5. The van der Waals surface area contributed by atoms with E-state index in [1.54, 1.807) is 4.90 Å². The summed E-state index contributed by atoms with van der Waals surface area (Å²) in [5.41, 5.74) is 2.34. The van der Waals surface area contributed by atoms with Gasteiger partial charge in [0.15, 0.2) is 0 Å². The second-order valence-corrected chi connectivity index (χ2v) is 4.87. The minimum absolute atomic E-state index is 0.0450. The number of carbonyl (C=O) groups excluding carboxylic acids is 1. The lowest BCUT2D eigenvalue weighted by Gasteiger charge is -2.15. The van der Waals surface area contributed by atoms with Crippen LogP contribution in [0.25, 0.3) is 16.3 Å². The van der Waals surface area contributed by atoms with Gasteiger partial charge in [-0.25, -0.2) is 0 Å². The lowest BCUT2D eigenvalue weighted by Crippen LogP contribution is -2.28. The number of hydrogen-bond acceptors (Lipinski definition) is 2. The molecule has 0 bridgehead atoms. The highest BCUT2D eigenvalue weighted by Crippen LogP contribution is 2.28. The van der Waals surface area contributed by atoms with Gasteiger partial charge in [-0.1, -0.05) is 48.5 Å². The van der Waals surface area contributed by atoms with E-state index in [9.17, 15) is 4.79 Å². The minimum Gasteiger partial charge on any atom is -0.334 e. The van der Waals surface area contributed by atoms with Crippen molar-refractivity contribution in [2.24, 2.45) is 0 Å². The largest absolute Gasteiger partial charge is 0.334 e. The van der Waals surface area contributed by atoms with Crippen LogP contribution in [-0.2, 0) is 4.79 Å². The maximum absolute atomic E-state index is 11.8. The number of benzene rings is 2. The normalized spacial score (nSPS) is 14.2. The molecule has 98 valence electrons. The van der Waals surface area contributed by atoms with Crippen molar-refractivity contribution >= 4 is 22.3 Å². The molecule has 1 amide bonds. The average Bonchev–Trinajstić information content (AvgIpc) is 2.97. The number of amides is 1. The molecule has 2 aromatic rings. The van der Waals surface area contributed by atoms with Crippen molar-refractivity contribution in [2.75, 3.05) is 13.1 Å². The zero-order valence-corrected chi connectivity index (χ0v) is 11.0. The zero-order chi connectivity index (χ0) is 13.9. The van der Waals surface area contributed by atoms with Gasteiger partial charge in [0, 0.05) is 13.1 Å². The molecule has 0 spiro atoms. The molecule has 0 saturated carbocycles. The molecule has 3 heteroatoms. The standard InChI is InChI=1S/C17H14N2O/c18-10-8-17(20)19-11-9-14(12-19)16-7-3-5-13-4-1-2-6-15(13)16/h1-7,9H,8,11-12H2. The number of rotatable bonds is 2. The maximum Gasteiger partial charge on any atom is 0.237 e. The SMILES string of the molecule is N#CCC(=O)N1CC=C(c2cccc3ccccc23)C1. The number of nitriles is 1. The van der Waals surface area contributed by atoms with Gasteiger partial charge in [-0.15, -0.1) is 0 Å². The van der Waals surface area contributed by atoms with Crippen LogP contribution in [0.3, 0.4) is 0 Å². The molecule has 1 heterocycles. The van der Waals surface area contributed by atoms with E-state index in [1.807, 2.05) is 24.3 Å².